The molecule has 18 heavy (non-hydrogen) atoms. The highest BCUT2D eigenvalue weighted by Crippen LogP contribution is 2.20. The standard InChI is InChI=1S/C14H24N4/c1-3-15-9-13-10-17-14(11-16-13)18-7-4-5-12(2)6-8-18/h10-12,15H,3-9H2,1-2H3. The maximum Gasteiger partial charge on any atom is 0.147 e. The molecule has 1 aliphatic heterocycles. The van der Waals surface area contributed by atoms with Crippen molar-refractivity contribution in [3.8, 4) is 0 Å². The van der Waals surface area contributed by atoms with Crippen molar-refractivity contribution in [2.24, 2.45) is 5.92 Å². The summed E-state index contributed by atoms with van der Waals surface area (Å²) in [6.07, 6.45) is 7.68. The lowest BCUT2D eigenvalue weighted by Gasteiger charge is -2.21. The van der Waals surface area contributed by atoms with Crippen molar-refractivity contribution in [1.82, 2.24) is 15.3 Å². The minimum atomic E-state index is 0.806. The molecule has 0 aromatic carbocycles. The zero-order valence-electron chi connectivity index (χ0n) is 11.5. The van der Waals surface area contributed by atoms with E-state index in [1.165, 1.54) is 19.3 Å². The summed E-state index contributed by atoms with van der Waals surface area (Å²) in [5.74, 6) is 1.88. The third-order valence-electron chi connectivity index (χ3n) is 3.59. The Morgan fingerprint density at radius 3 is 2.89 bits per heavy atom. The van der Waals surface area contributed by atoms with Crippen LogP contribution in [0.3, 0.4) is 0 Å². The van der Waals surface area contributed by atoms with E-state index >= 15 is 0 Å². The number of nitrogens with one attached hydrogen (secondary N) is 1. The van der Waals surface area contributed by atoms with E-state index in [2.05, 4.69) is 34.0 Å². The Hall–Kier alpha value is -1.16. The van der Waals surface area contributed by atoms with Crippen LogP contribution in [0.5, 0.6) is 0 Å². The lowest BCUT2D eigenvalue weighted by Crippen LogP contribution is -2.25. The van der Waals surface area contributed by atoms with Crippen LogP contribution >= 0.6 is 0 Å². The van der Waals surface area contributed by atoms with Crippen molar-refractivity contribution in [2.45, 2.75) is 39.7 Å². The van der Waals surface area contributed by atoms with Crippen molar-refractivity contribution in [1.29, 1.82) is 0 Å². The Kier molecular flexibility index (Phi) is 4.93. The first-order valence-electron chi connectivity index (χ1n) is 7.06. The zero-order chi connectivity index (χ0) is 12.8. The van der Waals surface area contributed by atoms with Gasteiger partial charge in [0.1, 0.15) is 5.82 Å². The molecule has 0 radical (unpaired) electrons. The molecule has 0 aliphatic carbocycles. The second kappa shape index (κ2) is 6.69. The molecule has 4 heteroatoms. The normalized spacial score (nSPS) is 20.8. The number of anilines is 1. The first kappa shape index (κ1) is 13.3. The molecule has 1 saturated heterocycles. The molecular formula is C14H24N4. The Morgan fingerprint density at radius 1 is 1.28 bits per heavy atom. The highest BCUT2D eigenvalue weighted by Gasteiger charge is 2.15. The fourth-order valence-electron chi connectivity index (χ4n) is 2.35. The summed E-state index contributed by atoms with van der Waals surface area (Å²) in [4.78, 5) is 11.4. The largest absolute Gasteiger partial charge is 0.355 e. The van der Waals surface area contributed by atoms with Crippen LogP contribution in [0.4, 0.5) is 5.82 Å². The predicted octanol–water partition coefficient (Wildman–Crippen LogP) is 2.21. The second-order valence-corrected chi connectivity index (χ2v) is 5.17. The van der Waals surface area contributed by atoms with Gasteiger partial charge in [0, 0.05) is 19.6 Å². The molecule has 1 aliphatic rings. The quantitative estimate of drug-likeness (QED) is 0.887. The van der Waals surface area contributed by atoms with Crippen LogP contribution in [0.15, 0.2) is 12.4 Å². The lowest BCUT2D eigenvalue weighted by molar-refractivity contribution is 0.521. The molecule has 100 valence electrons. The SMILES string of the molecule is CCNCc1cnc(N2CCCC(C)CC2)cn1. The van der Waals surface area contributed by atoms with Crippen LogP contribution in [0, 0.1) is 5.92 Å². The molecule has 0 saturated carbocycles. The molecule has 1 aromatic heterocycles. The first-order chi connectivity index (χ1) is 8.79. The Balaban J connectivity index is 1.95. The van der Waals surface area contributed by atoms with Gasteiger partial charge < -0.3 is 10.2 Å². The summed E-state index contributed by atoms with van der Waals surface area (Å²) in [7, 11) is 0. The summed E-state index contributed by atoms with van der Waals surface area (Å²) in [6.45, 7) is 8.44. The van der Waals surface area contributed by atoms with E-state index in [9.17, 15) is 0 Å². The van der Waals surface area contributed by atoms with Gasteiger partial charge in [0.2, 0.25) is 0 Å². The molecule has 1 aromatic rings. The van der Waals surface area contributed by atoms with Crippen molar-refractivity contribution in [2.75, 3.05) is 24.5 Å². The summed E-state index contributed by atoms with van der Waals surface area (Å²) in [6, 6.07) is 0. The average molecular weight is 248 g/mol. The molecular weight excluding hydrogens is 224 g/mol. The summed E-state index contributed by atoms with van der Waals surface area (Å²) < 4.78 is 0. The van der Waals surface area contributed by atoms with Crippen LogP contribution in [-0.4, -0.2) is 29.6 Å². The van der Waals surface area contributed by atoms with E-state index < -0.39 is 0 Å². The van der Waals surface area contributed by atoms with Gasteiger partial charge >= 0.3 is 0 Å². The number of hydrogen-bond donors (Lipinski definition) is 1. The third kappa shape index (κ3) is 3.67. The van der Waals surface area contributed by atoms with Gasteiger partial charge in [-0.05, 0) is 31.7 Å². The van der Waals surface area contributed by atoms with Gasteiger partial charge in [-0.3, -0.25) is 4.98 Å². The van der Waals surface area contributed by atoms with Crippen molar-refractivity contribution in [3.05, 3.63) is 18.1 Å². The number of aromatic nitrogens is 2. The van der Waals surface area contributed by atoms with Gasteiger partial charge in [-0.15, -0.1) is 0 Å². The summed E-state index contributed by atoms with van der Waals surface area (Å²) in [5.41, 5.74) is 1.02. The lowest BCUT2D eigenvalue weighted by atomic mass is 10.0. The van der Waals surface area contributed by atoms with E-state index in [0.29, 0.717) is 0 Å². The number of nitrogens with zero attached hydrogens (tertiary/aromatic N) is 3. The Bertz CT molecular complexity index is 349. The Labute approximate surface area is 110 Å². The number of rotatable bonds is 4. The molecule has 4 nitrogen and oxygen atoms in total. The average Bonchev–Trinajstić information content (AvgIpc) is 2.62. The van der Waals surface area contributed by atoms with Crippen molar-refractivity contribution >= 4 is 5.82 Å². The maximum absolute atomic E-state index is 4.55. The predicted molar refractivity (Wildman–Crippen MR) is 74.6 cm³/mol. The highest BCUT2D eigenvalue weighted by molar-refractivity contribution is 5.35. The number of hydrogen-bond acceptors (Lipinski definition) is 4. The molecule has 1 N–H and O–H groups in total. The topological polar surface area (TPSA) is 41.1 Å². The molecule has 2 rings (SSSR count). The van der Waals surface area contributed by atoms with Crippen LogP contribution < -0.4 is 10.2 Å². The monoisotopic (exact) mass is 248 g/mol. The smallest absolute Gasteiger partial charge is 0.147 e. The fraction of sp³-hybridized carbons (Fsp3) is 0.714. The fourth-order valence-corrected chi connectivity index (χ4v) is 2.35. The zero-order valence-corrected chi connectivity index (χ0v) is 11.5. The van der Waals surface area contributed by atoms with Crippen LogP contribution in [0.25, 0.3) is 0 Å². The molecule has 0 bridgehead atoms. The maximum atomic E-state index is 4.55. The van der Waals surface area contributed by atoms with Gasteiger partial charge in [0.05, 0.1) is 18.1 Å². The van der Waals surface area contributed by atoms with Gasteiger partial charge in [0.15, 0.2) is 0 Å². The first-order valence-corrected chi connectivity index (χ1v) is 7.06. The van der Waals surface area contributed by atoms with E-state index in [0.717, 1.165) is 43.6 Å². The third-order valence-corrected chi connectivity index (χ3v) is 3.59. The minimum absolute atomic E-state index is 0.806. The second-order valence-electron chi connectivity index (χ2n) is 5.17. The molecule has 0 amide bonds. The Morgan fingerprint density at radius 2 is 2.17 bits per heavy atom. The van der Waals surface area contributed by atoms with Gasteiger partial charge in [-0.25, -0.2) is 4.98 Å². The molecule has 2 heterocycles. The molecule has 1 fully saturated rings. The molecule has 0 spiro atoms. The van der Waals surface area contributed by atoms with E-state index in [4.69, 9.17) is 0 Å². The summed E-state index contributed by atoms with van der Waals surface area (Å²) in [5, 5.41) is 3.26. The molecule has 1 atom stereocenters. The van der Waals surface area contributed by atoms with E-state index in [1.54, 1.807) is 0 Å². The van der Waals surface area contributed by atoms with Crippen LogP contribution in [-0.2, 0) is 6.54 Å². The highest BCUT2D eigenvalue weighted by atomic mass is 15.2. The summed E-state index contributed by atoms with van der Waals surface area (Å²) >= 11 is 0. The van der Waals surface area contributed by atoms with E-state index in [1.807, 2.05) is 12.4 Å². The van der Waals surface area contributed by atoms with Crippen LogP contribution in [0.2, 0.25) is 0 Å². The minimum Gasteiger partial charge on any atom is -0.355 e. The van der Waals surface area contributed by atoms with Gasteiger partial charge in [-0.1, -0.05) is 13.8 Å². The van der Waals surface area contributed by atoms with Crippen molar-refractivity contribution < 1.29 is 0 Å². The molecule has 1 unspecified atom stereocenters. The van der Waals surface area contributed by atoms with Gasteiger partial charge in [0.25, 0.3) is 0 Å². The van der Waals surface area contributed by atoms with E-state index in [-0.39, 0.29) is 0 Å². The van der Waals surface area contributed by atoms with Crippen LogP contribution in [0.1, 0.15) is 38.8 Å². The van der Waals surface area contributed by atoms with Crippen molar-refractivity contribution in [3.63, 3.8) is 0 Å². The van der Waals surface area contributed by atoms with Gasteiger partial charge in [-0.2, -0.15) is 0 Å².